The second kappa shape index (κ2) is 13.1. The second-order valence-corrected chi connectivity index (χ2v) is 6.63. The zero-order valence-electron chi connectivity index (χ0n) is 15.4. The van der Waals surface area contributed by atoms with Crippen LogP contribution in [0.3, 0.4) is 0 Å². The van der Waals surface area contributed by atoms with Crippen molar-refractivity contribution in [1.29, 1.82) is 0 Å². The van der Waals surface area contributed by atoms with Gasteiger partial charge >= 0.3 is 5.97 Å². The lowest BCUT2D eigenvalue weighted by atomic mass is 9.94. The summed E-state index contributed by atoms with van der Waals surface area (Å²) >= 11 is 0. The highest BCUT2D eigenvalue weighted by atomic mass is 16.4. The van der Waals surface area contributed by atoms with Gasteiger partial charge in [0.25, 0.3) is 0 Å². The van der Waals surface area contributed by atoms with E-state index in [1.807, 2.05) is 13.0 Å². The lowest BCUT2D eigenvalue weighted by molar-refractivity contribution is -0.146. The summed E-state index contributed by atoms with van der Waals surface area (Å²) in [6.45, 7) is 8.29. The van der Waals surface area contributed by atoms with Crippen molar-refractivity contribution in [3.63, 3.8) is 0 Å². The van der Waals surface area contributed by atoms with E-state index in [1.165, 1.54) is 18.4 Å². The van der Waals surface area contributed by atoms with Crippen LogP contribution >= 0.6 is 0 Å². The first-order valence-corrected chi connectivity index (χ1v) is 8.93. The lowest BCUT2D eigenvalue weighted by Crippen LogP contribution is -2.23. The molecule has 3 heteroatoms. The van der Waals surface area contributed by atoms with Crippen LogP contribution in [0.5, 0.6) is 0 Å². The molecule has 23 heavy (non-hydrogen) atoms. The van der Waals surface area contributed by atoms with Crippen LogP contribution in [0.15, 0.2) is 23.3 Å². The number of aliphatic carboxylic acids is 1. The Morgan fingerprint density at radius 2 is 1.61 bits per heavy atom. The van der Waals surface area contributed by atoms with Gasteiger partial charge in [0.2, 0.25) is 0 Å². The Kier molecular flexibility index (Phi) is 12.3. The van der Waals surface area contributed by atoms with Crippen LogP contribution in [-0.2, 0) is 9.59 Å². The molecule has 0 saturated carbocycles. The van der Waals surface area contributed by atoms with E-state index in [0.29, 0.717) is 12.8 Å². The van der Waals surface area contributed by atoms with Gasteiger partial charge in [0.05, 0.1) is 0 Å². The first kappa shape index (κ1) is 21.6. The number of carbonyl (C=O) groups excluding carboxylic acids is 1. The van der Waals surface area contributed by atoms with Crippen molar-refractivity contribution in [2.24, 2.45) is 5.92 Å². The van der Waals surface area contributed by atoms with E-state index in [0.717, 1.165) is 37.7 Å². The molecule has 0 rings (SSSR count). The molecule has 0 aromatic heterocycles. The average molecular weight is 322 g/mol. The molecule has 0 radical (unpaired) electrons. The van der Waals surface area contributed by atoms with E-state index in [-0.39, 0.29) is 5.78 Å². The summed E-state index contributed by atoms with van der Waals surface area (Å²) in [7, 11) is 0. The highest BCUT2D eigenvalue weighted by molar-refractivity contribution is 5.98. The predicted molar refractivity (Wildman–Crippen MR) is 96.5 cm³/mol. The molecule has 0 heterocycles. The van der Waals surface area contributed by atoms with Gasteiger partial charge in [-0.1, -0.05) is 55.9 Å². The molecule has 1 unspecified atom stereocenters. The Bertz CT molecular complexity index is 415. The van der Waals surface area contributed by atoms with Crippen molar-refractivity contribution in [3.8, 4) is 0 Å². The summed E-state index contributed by atoms with van der Waals surface area (Å²) in [4.78, 5) is 23.4. The Morgan fingerprint density at radius 3 is 2.17 bits per heavy atom. The van der Waals surface area contributed by atoms with E-state index in [1.54, 1.807) is 0 Å². The smallest absolute Gasteiger partial charge is 0.314 e. The number of unbranched alkanes of at least 4 members (excludes halogenated alkanes) is 4. The predicted octanol–water partition coefficient (Wildman–Crippen LogP) is 5.70. The molecule has 0 aliphatic rings. The maximum absolute atomic E-state index is 12.1. The third-order valence-electron chi connectivity index (χ3n) is 4.01. The molecule has 132 valence electrons. The number of ketones is 1. The van der Waals surface area contributed by atoms with Crippen LogP contribution in [-0.4, -0.2) is 16.9 Å². The number of Topliss-reactive ketones (excluding diaryl/α,β-unsaturated/α-hetero) is 1. The SMILES string of the molecule is CCCCCCCC(=O)C(CC=C(C)CCC=C(C)C)C(=O)O. The molecule has 0 aromatic rings. The molecule has 0 aliphatic heterocycles. The maximum Gasteiger partial charge on any atom is 0.314 e. The van der Waals surface area contributed by atoms with Gasteiger partial charge < -0.3 is 5.11 Å². The molecule has 3 nitrogen and oxygen atoms in total. The number of allylic oxidation sites excluding steroid dienone is 4. The van der Waals surface area contributed by atoms with Gasteiger partial charge in [-0.2, -0.15) is 0 Å². The Balaban J connectivity index is 4.31. The highest BCUT2D eigenvalue weighted by Gasteiger charge is 2.24. The van der Waals surface area contributed by atoms with Gasteiger partial charge in [-0.25, -0.2) is 0 Å². The van der Waals surface area contributed by atoms with Crippen LogP contribution < -0.4 is 0 Å². The molecular weight excluding hydrogens is 288 g/mol. The molecule has 0 fully saturated rings. The van der Waals surface area contributed by atoms with Crippen molar-refractivity contribution in [3.05, 3.63) is 23.3 Å². The third-order valence-corrected chi connectivity index (χ3v) is 4.01. The molecule has 1 atom stereocenters. The summed E-state index contributed by atoms with van der Waals surface area (Å²) in [6, 6.07) is 0. The van der Waals surface area contributed by atoms with Crippen LogP contribution in [0.4, 0.5) is 0 Å². The minimum atomic E-state index is -0.989. The highest BCUT2D eigenvalue weighted by Crippen LogP contribution is 2.16. The molecule has 1 N–H and O–H groups in total. The van der Waals surface area contributed by atoms with E-state index >= 15 is 0 Å². The van der Waals surface area contributed by atoms with Crippen molar-refractivity contribution in [2.45, 2.75) is 85.5 Å². The topological polar surface area (TPSA) is 54.4 Å². The fourth-order valence-corrected chi connectivity index (χ4v) is 2.46. The molecule has 0 spiro atoms. The summed E-state index contributed by atoms with van der Waals surface area (Å²) in [5.74, 6) is -1.99. The first-order chi connectivity index (χ1) is 10.9. The minimum absolute atomic E-state index is 0.123. The average Bonchev–Trinajstić information content (AvgIpc) is 2.46. The van der Waals surface area contributed by atoms with Crippen molar-refractivity contribution < 1.29 is 14.7 Å². The quantitative estimate of drug-likeness (QED) is 0.269. The van der Waals surface area contributed by atoms with E-state index < -0.39 is 11.9 Å². The first-order valence-electron chi connectivity index (χ1n) is 8.93. The van der Waals surface area contributed by atoms with E-state index in [2.05, 4.69) is 26.8 Å². The number of carboxylic acid groups (broad SMARTS) is 1. The summed E-state index contributed by atoms with van der Waals surface area (Å²) in [6.07, 6.45) is 12.0. The number of carboxylic acids is 1. The monoisotopic (exact) mass is 322 g/mol. The summed E-state index contributed by atoms with van der Waals surface area (Å²) in [5.41, 5.74) is 2.45. The third kappa shape index (κ3) is 11.8. The zero-order valence-corrected chi connectivity index (χ0v) is 15.4. The summed E-state index contributed by atoms with van der Waals surface area (Å²) < 4.78 is 0. The molecule has 0 aromatic carbocycles. The van der Waals surface area contributed by atoms with Crippen LogP contribution in [0.2, 0.25) is 0 Å². The van der Waals surface area contributed by atoms with Crippen molar-refractivity contribution in [2.75, 3.05) is 0 Å². The standard InChI is InChI=1S/C20H34O3/c1-5-6-7-8-9-13-19(21)18(20(22)23)15-14-17(4)12-10-11-16(2)3/h11,14,18H,5-10,12-13,15H2,1-4H3,(H,22,23). The number of hydrogen-bond donors (Lipinski definition) is 1. The minimum Gasteiger partial charge on any atom is -0.481 e. The number of hydrogen-bond acceptors (Lipinski definition) is 2. The van der Waals surface area contributed by atoms with Gasteiger partial charge in [0.15, 0.2) is 0 Å². The number of carbonyl (C=O) groups is 2. The van der Waals surface area contributed by atoms with Crippen LogP contribution in [0, 0.1) is 5.92 Å². The second-order valence-electron chi connectivity index (χ2n) is 6.63. The maximum atomic E-state index is 12.1. The van der Waals surface area contributed by atoms with Crippen molar-refractivity contribution in [1.82, 2.24) is 0 Å². The Hall–Kier alpha value is -1.38. The molecule has 0 amide bonds. The van der Waals surface area contributed by atoms with Gasteiger partial charge in [-0.15, -0.1) is 0 Å². The van der Waals surface area contributed by atoms with Crippen molar-refractivity contribution >= 4 is 11.8 Å². The van der Waals surface area contributed by atoms with Gasteiger partial charge in [0, 0.05) is 6.42 Å². The van der Waals surface area contributed by atoms with Crippen LogP contribution in [0.1, 0.15) is 85.5 Å². The lowest BCUT2D eigenvalue weighted by Gasteiger charge is -2.10. The fourth-order valence-electron chi connectivity index (χ4n) is 2.46. The Labute approximate surface area is 141 Å². The van der Waals surface area contributed by atoms with E-state index in [4.69, 9.17) is 0 Å². The van der Waals surface area contributed by atoms with Gasteiger partial charge in [0.1, 0.15) is 11.7 Å². The van der Waals surface area contributed by atoms with E-state index in [9.17, 15) is 14.7 Å². The molecule has 0 aliphatic carbocycles. The number of rotatable bonds is 13. The molecule has 0 bridgehead atoms. The Morgan fingerprint density at radius 1 is 0.957 bits per heavy atom. The normalized spacial score (nSPS) is 12.8. The fraction of sp³-hybridized carbons (Fsp3) is 0.700. The molecule has 0 saturated heterocycles. The van der Waals surface area contributed by atoms with Gasteiger partial charge in [-0.3, -0.25) is 9.59 Å². The summed E-state index contributed by atoms with van der Waals surface area (Å²) in [5, 5.41) is 9.29. The van der Waals surface area contributed by atoms with Crippen LogP contribution in [0.25, 0.3) is 0 Å². The largest absolute Gasteiger partial charge is 0.481 e. The van der Waals surface area contributed by atoms with Gasteiger partial charge in [-0.05, 0) is 46.5 Å². The zero-order chi connectivity index (χ0) is 17.7. The molecular formula is C20H34O3.